The van der Waals surface area contributed by atoms with Crippen molar-refractivity contribution in [1.29, 1.82) is 0 Å². The Hall–Kier alpha value is -1.71. The number of anilines is 1. The van der Waals surface area contributed by atoms with Crippen LogP contribution >= 0.6 is 0 Å². The quantitative estimate of drug-likeness (QED) is 0.601. The van der Waals surface area contributed by atoms with Crippen LogP contribution in [0.25, 0.3) is 0 Å². The maximum Gasteiger partial charge on any atom is 0.343 e. The highest BCUT2D eigenvalue weighted by Gasteiger charge is 2.05. The number of hydrogen-bond donors (Lipinski definition) is 1. The van der Waals surface area contributed by atoms with Gasteiger partial charge < -0.3 is 15.2 Å². The molecule has 0 unspecified atom stereocenters. The second-order valence-corrected chi connectivity index (χ2v) is 3.09. The average molecular weight is 209 g/mol. The van der Waals surface area contributed by atoms with Crippen LogP contribution in [0, 0.1) is 0 Å². The Balaban J connectivity index is 2.66. The van der Waals surface area contributed by atoms with Crippen molar-refractivity contribution < 1.29 is 14.3 Å². The lowest BCUT2D eigenvalue weighted by atomic mass is 10.1. The van der Waals surface area contributed by atoms with Crippen LogP contribution in [0.15, 0.2) is 18.2 Å². The molecule has 82 valence electrons. The van der Waals surface area contributed by atoms with Gasteiger partial charge in [0.1, 0.15) is 5.75 Å². The third kappa shape index (κ3) is 3.16. The van der Waals surface area contributed by atoms with E-state index in [2.05, 4.69) is 4.74 Å². The maximum absolute atomic E-state index is 10.8. The van der Waals surface area contributed by atoms with E-state index in [0.717, 1.165) is 12.0 Å². The molecule has 0 atom stereocenters. The first kappa shape index (κ1) is 11.4. The molecule has 2 N–H and O–H groups in total. The Bertz CT molecular complexity index is 350. The lowest BCUT2D eigenvalue weighted by molar-refractivity contribution is -0.142. The summed E-state index contributed by atoms with van der Waals surface area (Å²) in [7, 11) is 1.31. The van der Waals surface area contributed by atoms with Gasteiger partial charge in [-0.3, -0.25) is 0 Å². The van der Waals surface area contributed by atoms with Crippen molar-refractivity contribution in [2.45, 2.75) is 13.3 Å². The highest BCUT2D eigenvalue weighted by atomic mass is 16.6. The number of nitrogens with two attached hydrogens (primary N) is 1. The zero-order valence-electron chi connectivity index (χ0n) is 8.95. The van der Waals surface area contributed by atoms with Crippen LogP contribution < -0.4 is 10.5 Å². The molecule has 0 radical (unpaired) electrons. The molecule has 0 aliphatic carbocycles. The van der Waals surface area contributed by atoms with Crippen molar-refractivity contribution in [2.24, 2.45) is 0 Å². The molecule has 0 fully saturated rings. The molecule has 0 aliphatic rings. The third-order valence-electron chi connectivity index (χ3n) is 2.06. The SMILES string of the molecule is CCc1ccc(OCC(=O)OC)c(N)c1. The van der Waals surface area contributed by atoms with Gasteiger partial charge in [0.15, 0.2) is 6.61 Å². The number of benzene rings is 1. The fourth-order valence-corrected chi connectivity index (χ4v) is 1.14. The van der Waals surface area contributed by atoms with E-state index in [1.165, 1.54) is 7.11 Å². The highest BCUT2D eigenvalue weighted by Crippen LogP contribution is 2.22. The monoisotopic (exact) mass is 209 g/mol. The normalized spacial score (nSPS) is 9.73. The van der Waals surface area contributed by atoms with Crippen molar-refractivity contribution in [3.05, 3.63) is 23.8 Å². The standard InChI is InChI=1S/C11H15NO3/c1-3-8-4-5-10(9(12)6-8)15-7-11(13)14-2/h4-6H,3,7,12H2,1-2H3. The molecule has 1 rings (SSSR count). The second kappa shape index (κ2) is 5.24. The number of esters is 1. The minimum absolute atomic E-state index is 0.119. The van der Waals surface area contributed by atoms with Gasteiger partial charge in [0.25, 0.3) is 0 Å². The molecule has 4 heteroatoms. The summed E-state index contributed by atoms with van der Waals surface area (Å²) >= 11 is 0. The van der Waals surface area contributed by atoms with Crippen molar-refractivity contribution in [1.82, 2.24) is 0 Å². The van der Waals surface area contributed by atoms with E-state index in [0.29, 0.717) is 11.4 Å². The second-order valence-electron chi connectivity index (χ2n) is 3.09. The minimum Gasteiger partial charge on any atom is -0.480 e. The van der Waals surface area contributed by atoms with Crippen LogP contribution in [-0.2, 0) is 16.0 Å². The first-order valence-corrected chi connectivity index (χ1v) is 4.75. The number of rotatable bonds is 4. The van der Waals surface area contributed by atoms with Gasteiger partial charge in [0.2, 0.25) is 0 Å². The van der Waals surface area contributed by atoms with Crippen LogP contribution in [-0.4, -0.2) is 19.7 Å². The van der Waals surface area contributed by atoms with Crippen LogP contribution in [0.1, 0.15) is 12.5 Å². The maximum atomic E-state index is 10.8. The van der Waals surface area contributed by atoms with E-state index in [1.807, 2.05) is 19.1 Å². The van der Waals surface area contributed by atoms with Crippen LogP contribution in [0.4, 0.5) is 5.69 Å². The lowest BCUT2D eigenvalue weighted by Crippen LogP contribution is -2.13. The summed E-state index contributed by atoms with van der Waals surface area (Å²) in [6.45, 7) is 1.93. The fraction of sp³-hybridized carbons (Fsp3) is 0.364. The summed E-state index contributed by atoms with van der Waals surface area (Å²) in [5.41, 5.74) is 7.42. The number of ether oxygens (including phenoxy) is 2. The van der Waals surface area contributed by atoms with Gasteiger partial charge in [0.05, 0.1) is 12.8 Å². The zero-order valence-corrected chi connectivity index (χ0v) is 8.95. The summed E-state index contributed by atoms with van der Waals surface area (Å²) in [5, 5.41) is 0. The van der Waals surface area contributed by atoms with Gasteiger partial charge in [-0.15, -0.1) is 0 Å². The van der Waals surface area contributed by atoms with Crippen molar-refractivity contribution in [3.63, 3.8) is 0 Å². The number of aryl methyl sites for hydroxylation is 1. The van der Waals surface area contributed by atoms with Gasteiger partial charge in [-0.2, -0.15) is 0 Å². The molecule has 0 saturated heterocycles. The van der Waals surface area contributed by atoms with Gasteiger partial charge in [0, 0.05) is 0 Å². The molecule has 0 amide bonds. The lowest BCUT2D eigenvalue weighted by Gasteiger charge is -2.08. The average Bonchev–Trinajstić information content (AvgIpc) is 2.26. The molecule has 1 aromatic rings. The summed E-state index contributed by atoms with van der Waals surface area (Å²) < 4.78 is 9.64. The third-order valence-corrected chi connectivity index (χ3v) is 2.06. The van der Waals surface area contributed by atoms with E-state index in [1.54, 1.807) is 6.07 Å². The Labute approximate surface area is 89.0 Å². The molecule has 0 aliphatic heterocycles. The summed E-state index contributed by atoms with van der Waals surface area (Å²) in [6, 6.07) is 5.52. The molecule has 0 spiro atoms. The van der Waals surface area contributed by atoms with Crippen LogP contribution in [0.5, 0.6) is 5.75 Å². The molecule has 0 heterocycles. The molecule has 0 bridgehead atoms. The molecular weight excluding hydrogens is 194 g/mol. The Kier molecular flexibility index (Phi) is 3.97. The van der Waals surface area contributed by atoms with Crippen molar-refractivity contribution in [2.75, 3.05) is 19.5 Å². The molecule has 0 aromatic heterocycles. The summed E-state index contributed by atoms with van der Waals surface area (Å²) in [5.74, 6) is 0.0894. The Morgan fingerprint density at radius 1 is 1.47 bits per heavy atom. The van der Waals surface area contributed by atoms with Crippen molar-refractivity contribution in [3.8, 4) is 5.75 Å². The van der Waals surface area contributed by atoms with Crippen LogP contribution in [0.3, 0.4) is 0 Å². The number of carbonyl (C=O) groups is 1. The largest absolute Gasteiger partial charge is 0.480 e. The van der Waals surface area contributed by atoms with E-state index < -0.39 is 5.97 Å². The molecular formula is C11H15NO3. The van der Waals surface area contributed by atoms with Gasteiger partial charge in [-0.05, 0) is 24.1 Å². The topological polar surface area (TPSA) is 61.5 Å². The number of nitrogen functional groups attached to an aromatic ring is 1. The number of hydrogen-bond acceptors (Lipinski definition) is 4. The molecule has 1 aromatic carbocycles. The molecule has 0 saturated carbocycles. The van der Waals surface area contributed by atoms with Gasteiger partial charge in [-0.25, -0.2) is 4.79 Å². The smallest absolute Gasteiger partial charge is 0.343 e. The first-order valence-electron chi connectivity index (χ1n) is 4.75. The van der Waals surface area contributed by atoms with E-state index in [4.69, 9.17) is 10.5 Å². The number of methoxy groups -OCH3 is 1. The minimum atomic E-state index is -0.422. The Morgan fingerprint density at radius 2 is 2.20 bits per heavy atom. The number of carbonyl (C=O) groups excluding carboxylic acids is 1. The van der Waals surface area contributed by atoms with Crippen molar-refractivity contribution >= 4 is 11.7 Å². The molecule has 15 heavy (non-hydrogen) atoms. The van der Waals surface area contributed by atoms with Gasteiger partial charge in [-0.1, -0.05) is 13.0 Å². The first-order chi connectivity index (χ1) is 7.17. The summed E-state index contributed by atoms with van der Waals surface area (Å²) in [4.78, 5) is 10.8. The van der Waals surface area contributed by atoms with E-state index in [9.17, 15) is 4.79 Å². The van der Waals surface area contributed by atoms with Crippen LogP contribution in [0.2, 0.25) is 0 Å². The highest BCUT2D eigenvalue weighted by molar-refractivity contribution is 5.71. The molecule has 4 nitrogen and oxygen atoms in total. The van der Waals surface area contributed by atoms with E-state index >= 15 is 0 Å². The zero-order chi connectivity index (χ0) is 11.3. The summed E-state index contributed by atoms with van der Waals surface area (Å²) in [6.07, 6.45) is 0.918. The fourth-order valence-electron chi connectivity index (χ4n) is 1.14. The van der Waals surface area contributed by atoms with Gasteiger partial charge >= 0.3 is 5.97 Å². The van der Waals surface area contributed by atoms with E-state index in [-0.39, 0.29) is 6.61 Å². The predicted molar refractivity (Wildman–Crippen MR) is 57.7 cm³/mol. The Morgan fingerprint density at radius 3 is 2.73 bits per heavy atom. The predicted octanol–water partition coefficient (Wildman–Crippen LogP) is 1.38.